The number of hydrogen-bond donors (Lipinski definition) is 2. The highest BCUT2D eigenvalue weighted by Crippen LogP contribution is 2.32. The monoisotopic (exact) mass is 248 g/mol. The van der Waals surface area contributed by atoms with Crippen LogP contribution >= 0.6 is 0 Å². The second-order valence-electron chi connectivity index (χ2n) is 6.80. The zero-order valence-electron chi connectivity index (χ0n) is 12.3. The molecule has 0 heterocycles. The van der Waals surface area contributed by atoms with Gasteiger partial charge in [0.2, 0.25) is 0 Å². The molecule has 0 fully saturated rings. The van der Waals surface area contributed by atoms with E-state index in [4.69, 9.17) is 5.73 Å². The Morgan fingerprint density at radius 1 is 1.00 bits per heavy atom. The van der Waals surface area contributed by atoms with Crippen LogP contribution < -0.4 is 11.1 Å². The highest BCUT2D eigenvalue weighted by Gasteiger charge is 2.27. The maximum Gasteiger partial charge on any atom is 0.0205 e. The fourth-order valence-electron chi connectivity index (χ4n) is 2.57. The zero-order valence-corrected chi connectivity index (χ0v) is 12.3. The SMILES string of the molecule is CC(C)(CN)CC(C)(C)CNCc1ccccc1. The second-order valence-corrected chi connectivity index (χ2v) is 6.80. The van der Waals surface area contributed by atoms with Crippen molar-refractivity contribution in [2.75, 3.05) is 13.1 Å². The molecule has 0 unspecified atom stereocenters. The van der Waals surface area contributed by atoms with E-state index >= 15 is 0 Å². The van der Waals surface area contributed by atoms with Crippen molar-refractivity contribution in [3.63, 3.8) is 0 Å². The first-order chi connectivity index (χ1) is 8.35. The van der Waals surface area contributed by atoms with Gasteiger partial charge in [-0.25, -0.2) is 0 Å². The van der Waals surface area contributed by atoms with E-state index in [2.05, 4.69) is 63.3 Å². The Balaban J connectivity index is 2.38. The van der Waals surface area contributed by atoms with Crippen molar-refractivity contribution in [1.29, 1.82) is 0 Å². The molecule has 0 saturated carbocycles. The normalized spacial score (nSPS) is 12.7. The van der Waals surface area contributed by atoms with Crippen LogP contribution in [0.3, 0.4) is 0 Å². The van der Waals surface area contributed by atoms with Crippen LogP contribution in [-0.2, 0) is 6.54 Å². The molecular weight excluding hydrogens is 220 g/mol. The first kappa shape index (κ1) is 15.2. The van der Waals surface area contributed by atoms with Crippen molar-refractivity contribution < 1.29 is 0 Å². The fourth-order valence-corrected chi connectivity index (χ4v) is 2.57. The van der Waals surface area contributed by atoms with Gasteiger partial charge < -0.3 is 11.1 Å². The standard InChI is InChI=1S/C16H28N2/c1-15(2,12-17)11-16(3,4)13-18-10-14-8-6-5-7-9-14/h5-9,18H,10-13,17H2,1-4H3. The van der Waals surface area contributed by atoms with Crippen LogP contribution in [0.1, 0.15) is 39.7 Å². The van der Waals surface area contributed by atoms with E-state index in [1.54, 1.807) is 0 Å². The first-order valence-electron chi connectivity index (χ1n) is 6.79. The molecule has 0 atom stereocenters. The summed E-state index contributed by atoms with van der Waals surface area (Å²) in [6.45, 7) is 11.8. The molecule has 0 aliphatic heterocycles. The van der Waals surface area contributed by atoms with E-state index in [0.717, 1.165) is 26.1 Å². The van der Waals surface area contributed by atoms with Crippen molar-refractivity contribution in [3.8, 4) is 0 Å². The lowest BCUT2D eigenvalue weighted by molar-refractivity contribution is 0.195. The summed E-state index contributed by atoms with van der Waals surface area (Å²) < 4.78 is 0. The Labute approximate surface area is 112 Å². The molecule has 0 bridgehead atoms. The summed E-state index contributed by atoms with van der Waals surface area (Å²) >= 11 is 0. The van der Waals surface area contributed by atoms with Crippen molar-refractivity contribution in [1.82, 2.24) is 5.32 Å². The van der Waals surface area contributed by atoms with Gasteiger partial charge >= 0.3 is 0 Å². The van der Waals surface area contributed by atoms with Gasteiger partial charge in [0.1, 0.15) is 0 Å². The van der Waals surface area contributed by atoms with Crippen molar-refractivity contribution in [2.24, 2.45) is 16.6 Å². The number of rotatable bonds is 7. The Hall–Kier alpha value is -0.860. The van der Waals surface area contributed by atoms with Gasteiger partial charge in [-0.05, 0) is 29.4 Å². The molecular formula is C16H28N2. The van der Waals surface area contributed by atoms with Crippen LogP contribution in [0.15, 0.2) is 30.3 Å². The van der Waals surface area contributed by atoms with Gasteiger partial charge in [0.25, 0.3) is 0 Å². The summed E-state index contributed by atoms with van der Waals surface area (Å²) in [7, 11) is 0. The minimum absolute atomic E-state index is 0.220. The van der Waals surface area contributed by atoms with Crippen molar-refractivity contribution in [3.05, 3.63) is 35.9 Å². The Bertz CT molecular complexity index is 341. The summed E-state index contributed by atoms with van der Waals surface area (Å²) in [5, 5.41) is 3.55. The lowest BCUT2D eigenvalue weighted by Gasteiger charge is -2.34. The molecule has 0 amide bonds. The van der Waals surface area contributed by atoms with Crippen LogP contribution in [0.5, 0.6) is 0 Å². The lowest BCUT2D eigenvalue weighted by atomic mass is 9.75. The average molecular weight is 248 g/mol. The van der Waals surface area contributed by atoms with E-state index in [-0.39, 0.29) is 10.8 Å². The highest BCUT2D eigenvalue weighted by molar-refractivity contribution is 5.14. The third-order valence-corrected chi connectivity index (χ3v) is 3.29. The van der Waals surface area contributed by atoms with Gasteiger partial charge in [-0.15, -0.1) is 0 Å². The molecule has 0 aromatic heterocycles. The van der Waals surface area contributed by atoms with Crippen LogP contribution in [-0.4, -0.2) is 13.1 Å². The van der Waals surface area contributed by atoms with Gasteiger partial charge in [0, 0.05) is 13.1 Å². The number of nitrogens with one attached hydrogen (secondary N) is 1. The predicted octanol–water partition coefficient (Wildman–Crippen LogP) is 3.18. The molecule has 3 N–H and O–H groups in total. The molecule has 2 nitrogen and oxygen atoms in total. The van der Waals surface area contributed by atoms with Crippen LogP contribution in [0, 0.1) is 10.8 Å². The second kappa shape index (κ2) is 6.35. The van der Waals surface area contributed by atoms with Crippen molar-refractivity contribution in [2.45, 2.75) is 40.7 Å². The van der Waals surface area contributed by atoms with Gasteiger partial charge in [-0.3, -0.25) is 0 Å². The maximum atomic E-state index is 5.81. The Morgan fingerprint density at radius 2 is 1.61 bits per heavy atom. The quantitative estimate of drug-likeness (QED) is 0.778. The molecule has 102 valence electrons. The summed E-state index contributed by atoms with van der Waals surface area (Å²) in [5.74, 6) is 0. The Morgan fingerprint density at radius 3 is 2.17 bits per heavy atom. The van der Waals surface area contributed by atoms with Crippen LogP contribution in [0.2, 0.25) is 0 Å². The van der Waals surface area contributed by atoms with Gasteiger partial charge in [0.15, 0.2) is 0 Å². The molecule has 0 radical (unpaired) electrons. The molecule has 0 spiro atoms. The summed E-state index contributed by atoms with van der Waals surface area (Å²) in [4.78, 5) is 0. The van der Waals surface area contributed by atoms with Gasteiger partial charge in [-0.1, -0.05) is 58.0 Å². The molecule has 18 heavy (non-hydrogen) atoms. The van der Waals surface area contributed by atoms with Crippen molar-refractivity contribution >= 4 is 0 Å². The largest absolute Gasteiger partial charge is 0.330 e. The molecule has 1 aromatic carbocycles. The Kier molecular flexibility index (Phi) is 5.36. The van der Waals surface area contributed by atoms with E-state index in [0.29, 0.717) is 0 Å². The lowest BCUT2D eigenvalue weighted by Crippen LogP contribution is -2.36. The molecule has 2 heteroatoms. The minimum atomic E-state index is 0.220. The molecule has 0 saturated heterocycles. The van der Waals surface area contributed by atoms with E-state index in [1.807, 2.05) is 0 Å². The first-order valence-corrected chi connectivity index (χ1v) is 6.79. The number of nitrogens with two attached hydrogens (primary N) is 1. The number of hydrogen-bond acceptors (Lipinski definition) is 2. The maximum absolute atomic E-state index is 5.81. The topological polar surface area (TPSA) is 38.0 Å². The summed E-state index contributed by atoms with van der Waals surface area (Å²) in [6.07, 6.45) is 1.14. The van der Waals surface area contributed by atoms with E-state index in [9.17, 15) is 0 Å². The van der Waals surface area contributed by atoms with Gasteiger partial charge in [-0.2, -0.15) is 0 Å². The molecule has 1 aromatic rings. The molecule has 0 aliphatic carbocycles. The smallest absolute Gasteiger partial charge is 0.0205 e. The minimum Gasteiger partial charge on any atom is -0.330 e. The number of benzene rings is 1. The van der Waals surface area contributed by atoms with Crippen LogP contribution in [0.25, 0.3) is 0 Å². The predicted molar refractivity (Wildman–Crippen MR) is 79.4 cm³/mol. The molecule has 1 rings (SSSR count). The third-order valence-electron chi connectivity index (χ3n) is 3.29. The highest BCUT2D eigenvalue weighted by atomic mass is 14.9. The average Bonchev–Trinajstić information content (AvgIpc) is 2.29. The van der Waals surface area contributed by atoms with E-state index < -0.39 is 0 Å². The zero-order chi connectivity index (χ0) is 13.6. The summed E-state index contributed by atoms with van der Waals surface area (Å²) in [5.41, 5.74) is 7.65. The summed E-state index contributed by atoms with van der Waals surface area (Å²) in [6, 6.07) is 10.5. The third kappa shape index (κ3) is 5.65. The van der Waals surface area contributed by atoms with Gasteiger partial charge in [0.05, 0.1) is 0 Å². The fraction of sp³-hybridized carbons (Fsp3) is 0.625. The van der Waals surface area contributed by atoms with E-state index in [1.165, 1.54) is 5.56 Å². The molecule has 0 aliphatic rings. The van der Waals surface area contributed by atoms with Crippen LogP contribution in [0.4, 0.5) is 0 Å².